The predicted molar refractivity (Wildman–Crippen MR) is 130 cm³/mol. The van der Waals surface area contributed by atoms with Crippen molar-refractivity contribution in [3.8, 4) is 16.9 Å². The van der Waals surface area contributed by atoms with Gasteiger partial charge in [0.1, 0.15) is 11.6 Å². The first-order valence-corrected chi connectivity index (χ1v) is 11.0. The number of thiocarbonyl (C=S) groups is 1. The summed E-state index contributed by atoms with van der Waals surface area (Å²) in [4.78, 5) is 12.4. The van der Waals surface area contributed by atoms with Crippen LogP contribution in [0.25, 0.3) is 11.1 Å². The van der Waals surface area contributed by atoms with Crippen LogP contribution in [0.15, 0.2) is 59.5 Å². The minimum absolute atomic E-state index is 0.171. The van der Waals surface area contributed by atoms with E-state index in [9.17, 15) is 9.18 Å². The van der Waals surface area contributed by atoms with E-state index in [1.165, 1.54) is 13.2 Å². The first kappa shape index (κ1) is 22.9. The molecule has 0 heterocycles. The molecule has 4 N–H and O–H groups in total. The lowest BCUT2D eigenvalue weighted by atomic mass is 10.0. The lowest BCUT2D eigenvalue weighted by Crippen LogP contribution is -2.19. The number of nitrogens with two attached hydrogens (primary N) is 1. The SMILES string of the molecule is COc1cc(-c2cccc(C(N)=O)c2F)ccc1NC(=S)Nc1ccc(SC)c(Cl)c1. The average Bonchev–Trinajstić information content (AvgIpc) is 2.74. The lowest BCUT2D eigenvalue weighted by Gasteiger charge is -2.15. The van der Waals surface area contributed by atoms with Crippen molar-refractivity contribution in [2.45, 2.75) is 4.90 Å². The molecule has 3 aromatic carbocycles. The Kier molecular flexibility index (Phi) is 7.37. The number of hydrogen-bond acceptors (Lipinski definition) is 4. The Bertz CT molecular complexity index is 1160. The van der Waals surface area contributed by atoms with Crippen LogP contribution in [-0.2, 0) is 0 Å². The largest absolute Gasteiger partial charge is 0.495 e. The van der Waals surface area contributed by atoms with E-state index >= 15 is 0 Å². The number of primary amides is 1. The number of benzene rings is 3. The molecule has 0 saturated carbocycles. The highest BCUT2D eigenvalue weighted by atomic mass is 35.5. The van der Waals surface area contributed by atoms with E-state index in [1.807, 2.05) is 18.4 Å². The van der Waals surface area contributed by atoms with Crippen molar-refractivity contribution in [1.82, 2.24) is 0 Å². The number of anilines is 2. The average molecular weight is 476 g/mol. The molecule has 0 atom stereocenters. The molecule has 0 bridgehead atoms. The summed E-state index contributed by atoms with van der Waals surface area (Å²) in [6.07, 6.45) is 1.95. The summed E-state index contributed by atoms with van der Waals surface area (Å²) in [6, 6.07) is 15.1. The maximum absolute atomic E-state index is 14.7. The molecule has 0 radical (unpaired) electrons. The Balaban J connectivity index is 1.82. The second kappa shape index (κ2) is 10.00. The van der Waals surface area contributed by atoms with E-state index in [0.29, 0.717) is 27.1 Å². The normalized spacial score (nSPS) is 10.5. The Morgan fingerprint density at radius 2 is 1.94 bits per heavy atom. The van der Waals surface area contributed by atoms with Gasteiger partial charge in [-0.15, -0.1) is 11.8 Å². The minimum Gasteiger partial charge on any atom is -0.495 e. The quantitative estimate of drug-likeness (QED) is 0.309. The third-order valence-corrected chi connectivity index (χ3v) is 5.86. The van der Waals surface area contributed by atoms with Gasteiger partial charge in [-0.1, -0.05) is 29.8 Å². The molecule has 3 aromatic rings. The third-order valence-electron chi connectivity index (χ3n) is 4.43. The molecule has 0 aromatic heterocycles. The molecule has 0 unspecified atom stereocenters. The van der Waals surface area contributed by atoms with Gasteiger partial charge in [0, 0.05) is 16.1 Å². The summed E-state index contributed by atoms with van der Waals surface area (Å²) in [5.74, 6) is -1.06. The second-order valence-electron chi connectivity index (χ2n) is 6.37. The van der Waals surface area contributed by atoms with Gasteiger partial charge >= 0.3 is 0 Å². The van der Waals surface area contributed by atoms with Crippen LogP contribution in [0.5, 0.6) is 5.75 Å². The van der Waals surface area contributed by atoms with Crippen molar-refractivity contribution < 1.29 is 13.9 Å². The first-order valence-electron chi connectivity index (χ1n) is 9.02. The number of thioether (sulfide) groups is 1. The third kappa shape index (κ3) is 5.28. The summed E-state index contributed by atoms with van der Waals surface area (Å²) in [6.45, 7) is 0. The topological polar surface area (TPSA) is 76.4 Å². The van der Waals surface area contributed by atoms with E-state index in [0.717, 1.165) is 10.6 Å². The second-order valence-corrected chi connectivity index (χ2v) is 8.04. The Morgan fingerprint density at radius 3 is 2.58 bits per heavy atom. The van der Waals surface area contributed by atoms with Gasteiger partial charge in [-0.2, -0.15) is 0 Å². The van der Waals surface area contributed by atoms with E-state index < -0.39 is 11.7 Å². The van der Waals surface area contributed by atoms with Crippen molar-refractivity contribution in [1.29, 1.82) is 0 Å². The molecule has 0 aliphatic heterocycles. The van der Waals surface area contributed by atoms with Gasteiger partial charge in [-0.05, 0) is 60.4 Å². The summed E-state index contributed by atoms with van der Waals surface area (Å²) in [5.41, 5.74) is 7.16. The predicted octanol–water partition coefficient (Wildman–Crippen LogP) is 5.78. The molecule has 3 rings (SSSR count). The Hall–Kier alpha value is -2.81. The number of carbonyl (C=O) groups excluding carboxylic acids is 1. The van der Waals surface area contributed by atoms with Crippen molar-refractivity contribution in [3.05, 3.63) is 71.0 Å². The van der Waals surface area contributed by atoms with Crippen molar-refractivity contribution >= 4 is 58.0 Å². The van der Waals surface area contributed by atoms with Gasteiger partial charge in [0.05, 0.1) is 23.4 Å². The van der Waals surface area contributed by atoms with E-state index in [2.05, 4.69) is 10.6 Å². The summed E-state index contributed by atoms with van der Waals surface area (Å²) in [7, 11) is 1.50. The molecule has 0 aliphatic carbocycles. The summed E-state index contributed by atoms with van der Waals surface area (Å²) in [5, 5.41) is 7.09. The zero-order chi connectivity index (χ0) is 22.5. The van der Waals surface area contributed by atoms with E-state index in [4.69, 9.17) is 34.3 Å². The molecule has 5 nitrogen and oxygen atoms in total. The van der Waals surface area contributed by atoms with Crippen LogP contribution in [-0.4, -0.2) is 24.4 Å². The number of nitrogens with one attached hydrogen (secondary N) is 2. The first-order chi connectivity index (χ1) is 14.8. The Labute approximate surface area is 194 Å². The lowest BCUT2D eigenvalue weighted by molar-refractivity contribution is 0.0996. The van der Waals surface area contributed by atoms with Crippen LogP contribution in [0.2, 0.25) is 5.02 Å². The molecule has 9 heteroatoms. The standard InChI is InChI=1S/C22H19ClFN3O2S2/c1-29-18-10-12(14-4-3-5-15(20(14)24)21(25)28)6-8-17(18)27-22(30)26-13-7-9-19(31-2)16(23)11-13/h3-11H,1-2H3,(H2,25,28)(H2,26,27,30). The maximum atomic E-state index is 14.7. The summed E-state index contributed by atoms with van der Waals surface area (Å²) < 4.78 is 20.1. The molecule has 0 spiro atoms. The van der Waals surface area contributed by atoms with Crippen molar-refractivity contribution in [3.63, 3.8) is 0 Å². The number of rotatable bonds is 6. The molecular formula is C22H19ClFN3O2S2. The fourth-order valence-electron chi connectivity index (χ4n) is 2.94. The van der Waals surface area contributed by atoms with Crippen molar-refractivity contribution in [2.75, 3.05) is 24.0 Å². The zero-order valence-corrected chi connectivity index (χ0v) is 19.1. The van der Waals surface area contributed by atoms with Gasteiger partial charge in [-0.25, -0.2) is 4.39 Å². The van der Waals surface area contributed by atoms with Crippen molar-refractivity contribution in [2.24, 2.45) is 5.73 Å². The Morgan fingerprint density at radius 1 is 1.16 bits per heavy atom. The fourth-order valence-corrected chi connectivity index (χ4v) is 4.03. The van der Waals surface area contributed by atoms with Gasteiger partial charge < -0.3 is 21.1 Å². The molecule has 0 fully saturated rings. The molecule has 0 saturated heterocycles. The fraction of sp³-hybridized carbons (Fsp3) is 0.0909. The molecular weight excluding hydrogens is 457 g/mol. The van der Waals surface area contributed by atoms with Gasteiger partial charge in [0.25, 0.3) is 5.91 Å². The van der Waals surface area contributed by atoms with Gasteiger partial charge in [-0.3, -0.25) is 4.79 Å². The van der Waals surface area contributed by atoms with Gasteiger partial charge in [0.15, 0.2) is 5.11 Å². The number of amides is 1. The number of methoxy groups -OCH3 is 1. The molecule has 0 aliphatic rings. The smallest absolute Gasteiger partial charge is 0.251 e. The van der Waals surface area contributed by atoms with Crippen LogP contribution in [0, 0.1) is 5.82 Å². The number of carbonyl (C=O) groups is 1. The van der Waals surface area contributed by atoms with E-state index in [1.54, 1.807) is 48.2 Å². The highest BCUT2D eigenvalue weighted by molar-refractivity contribution is 7.98. The molecule has 160 valence electrons. The number of hydrogen-bond donors (Lipinski definition) is 3. The molecule has 1 amide bonds. The van der Waals surface area contributed by atoms with Crippen LogP contribution in [0.3, 0.4) is 0 Å². The number of ether oxygens (including phenoxy) is 1. The van der Waals surface area contributed by atoms with E-state index in [-0.39, 0.29) is 11.1 Å². The van der Waals surface area contributed by atoms with Crippen LogP contribution in [0.4, 0.5) is 15.8 Å². The van der Waals surface area contributed by atoms with Crippen LogP contribution >= 0.6 is 35.6 Å². The highest BCUT2D eigenvalue weighted by Gasteiger charge is 2.15. The van der Waals surface area contributed by atoms with Gasteiger partial charge in [0.2, 0.25) is 0 Å². The number of halogens is 2. The highest BCUT2D eigenvalue weighted by Crippen LogP contribution is 2.33. The zero-order valence-electron chi connectivity index (χ0n) is 16.7. The minimum atomic E-state index is -0.827. The van der Waals surface area contributed by atoms with Crippen LogP contribution < -0.4 is 21.1 Å². The monoisotopic (exact) mass is 475 g/mol. The van der Waals surface area contributed by atoms with Crippen LogP contribution in [0.1, 0.15) is 10.4 Å². The summed E-state index contributed by atoms with van der Waals surface area (Å²) >= 11 is 13.2. The molecule has 31 heavy (non-hydrogen) atoms. The maximum Gasteiger partial charge on any atom is 0.251 e.